The van der Waals surface area contributed by atoms with Crippen LogP contribution in [-0.4, -0.2) is 20.0 Å². The number of aromatic nitrogens is 2. The Morgan fingerprint density at radius 3 is 1.92 bits per heavy atom. The molecule has 0 unspecified atom stereocenters. The molecule has 4 aromatic rings. The highest BCUT2D eigenvalue weighted by molar-refractivity contribution is 6.01. The van der Waals surface area contributed by atoms with Gasteiger partial charge in [0.2, 0.25) is 0 Å². The van der Waals surface area contributed by atoms with Crippen LogP contribution in [0.4, 0.5) is 0 Å². The molecule has 0 amide bonds. The van der Waals surface area contributed by atoms with Crippen LogP contribution in [0.5, 0.6) is 11.5 Å². The zero-order valence-electron chi connectivity index (χ0n) is 14.7. The van der Waals surface area contributed by atoms with Crippen LogP contribution >= 0.6 is 0 Å². The molecule has 1 aromatic heterocycles. The second-order valence-corrected chi connectivity index (χ2v) is 6.68. The number of hydrogen-bond donors (Lipinski definition) is 2. The van der Waals surface area contributed by atoms with Gasteiger partial charge in [0.1, 0.15) is 17.2 Å². The normalized spacial score (nSPS) is 11.3. The van der Waals surface area contributed by atoms with Crippen molar-refractivity contribution in [1.29, 1.82) is 0 Å². The Morgan fingerprint density at radius 1 is 0.769 bits per heavy atom. The summed E-state index contributed by atoms with van der Waals surface area (Å²) in [5.41, 5.74) is 5.04. The van der Waals surface area contributed by atoms with Crippen LogP contribution in [0.15, 0.2) is 66.7 Å². The minimum Gasteiger partial charge on any atom is -0.508 e. The van der Waals surface area contributed by atoms with Gasteiger partial charge in [-0.3, -0.25) is 4.68 Å². The third-order valence-electron chi connectivity index (χ3n) is 4.54. The van der Waals surface area contributed by atoms with Gasteiger partial charge in [0.25, 0.3) is 0 Å². The quantitative estimate of drug-likeness (QED) is 0.526. The van der Waals surface area contributed by atoms with Gasteiger partial charge in [-0.2, -0.15) is 5.10 Å². The molecule has 4 heteroatoms. The van der Waals surface area contributed by atoms with Crippen molar-refractivity contribution in [3.05, 3.63) is 66.7 Å². The summed E-state index contributed by atoms with van der Waals surface area (Å²) in [6.07, 6.45) is 0. The molecule has 0 aliphatic carbocycles. The summed E-state index contributed by atoms with van der Waals surface area (Å²) < 4.78 is 2.04. The van der Waals surface area contributed by atoms with E-state index in [1.165, 1.54) is 0 Å². The lowest BCUT2D eigenvalue weighted by molar-refractivity contribution is 0.475. The molecule has 4 rings (SSSR count). The molecule has 2 N–H and O–H groups in total. The number of hydrogen-bond acceptors (Lipinski definition) is 3. The summed E-state index contributed by atoms with van der Waals surface area (Å²) in [4.78, 5) is 0. The highest BCUT2D eigenvalue weighted by Gasteiger charge is 2.17. The van der Waals surface area contributed by atoms with Gasteiger partial charge < -0.3 is 10.2 Å². The van der Waals surface area contributed by atoms with Gasteiger partial charge in [-0.15, -0.1) is 0 Å². The van der Waals surface area contributed by atoms with Gasteiger partial charge in [0.15, 0.2) is 0 Å². The van der Waals surface area contributed by atoms with E-state index >= 15 is 0 Å². The van der Waals surface area contributed by atoms with Gasteiger partial charge in [-0.1, -0.05) is 30.3 Å². The fourth-order valence-electron chi connectivity index (χ4n) is 3.27. The molecule has 0 saturated carbocycles. The molecule has 26 heavy (non-hydrogen) atoms. The zero-order valence-corrected chi connectivity index (χ0v) is 14.7. The molecule has 0 bridgehead atoms. The maximum Gasteiger partial charge on any atom is 0.115 e. The number of para-hydroxylation sites is 1. The fourth-order valence-corrected chi connectivity index (χ4v) is 3.27. The van der Waals surface area contributed by atoms with Crippen LogP contribution in [0.25, 0.3) is 33.3 Å². The summed E-state index contributed by atoms with van der Waals surface area (Å²) >= 11 is 0. The first-order valence-electron chi connectivity index (χ1n) is 8.64. The molecule has 130 valence electrons. The second-order valence-electron chi connectivity index (χ2n) is 6.68. The van der Waals surface area contributed by atoms with Gasteiger partial charge in [-0.25, -0.2) is 0 Å². The van der Waals surface area contributed by atoms with E-state index in [0.717, 1.165) is 33.3 Å². The van der Waals surface area contributed by atoms with Gasteiger partial charge >= 0.3 is 0 Å². The predicted molar refractivity (Wildman–Crippen MR) is 104 cm³/mol. The Bertz CT molecular complexity index is 1060. The molecule has 1 heterocycles. The number of rotatable bonds is 3. The largest absolute Gasteiger partial charge is 0.508 e. The Kier molecular flexibility index (Phi) is 3.88. The minimum absolute atomic E-state index is 0.196. The maximum absolute atomic E-state index is 9.60. The Balaban J connectivity index is 2.01. The first-order valence-corrected chi connectivity index (χ1v) is 8.64. The summed E-state index contributed by atoms with van der Waals surface area (Å²) in [6.45, 7) is 4.22. The Hall–Kier alpha value is -3.27. The van der Waals surface area contributed by atoms with E-state index in [9.17, 15) is 10.2 Å². The molecular weight excluding hydrogens is 324 g/mol. The number of phenolic OH excluding ortho intramolecular Hbond substituents is 2. The summed E-state index contributed by atoms with van der Waals surface area (Å²) in [6, 6.07) is 20.7. The number of benzene rings is 3. The smallest absolute Gasteiger partial charge is 0.115 e. The van der Waals surface area contributed by atoms with E-state index in [1.54, 1.807) is 24.3 Å². The van der Waals surface area contributed by atoms with Gasteiger partial charge in [0, 0.05) is 22.6 Å². The van der Waals surface area contributed by atoms with Crippen LogP contribution in [0.2, 0.25) is 0 Å². The average Bonchev–Trinajstić information content (AvgIpc) is 3.03. The summed E-state index contributed by atoms with van der Waals surface area (Å²) in [5, 5.41) is 25.1. The van der Waals surface area contributed by atoms with Gasteiger partial charge in [-0.05, 0) is 55.8 Å². The summed E-state index contributed by atoms with van der Waals surface area (Å²) in [7, 11) is 0. The third kappa shape index (κ3) is 2.69. The van der Waals surface area contributed by atoms with Crippen molar-refractivity contribution >= 4 is 10.9 Å². The topological polar surface area (TPSA) is 58.3 Å². The van der Waals surface area contributed by atoms with E-state index in [-0.39, 0.29) is 17.5 Å². The molecule has 0 saturated heterocycles. The van der Waals surface area contributed by atoms with Crippen LogP contribution in [0.3, 0.4) is 0 Å². The zero-order chi connectivity index (χ0) is 18.3. The standard InChI is InChI=1S/C22H20N2O2/c1-14(2)24-22-19(15-6-10-17(25)11-7-15)4-3-5-20(22)21(23-24)16-8-12-18(26)13-9-16/h3-14,25-26H,1-2H3. The number of phenols is 2. The molecule has 0 radical (unpaired) electrons. The van der Waals surface area contributed by atoms with Crippen molar-refractivity contribution in [3.63, 3.8) is 0 Å². The minimum atomic E-state index is 0.196. The lowest BCUT2D eigenvalue weighted by atomic mass is 10.00. The van der Waals surface area contributed by atoms with E-state index in [0.29, 0.717) is 0 Å². The van der Waals surface area contributed by atoms with E-state index in [4.69, 9.17) is 5.10 Å². The number of fused-ring (bicyclic) bond motifs is 1. The first-order chi connectivity index (χ1) is 12.5. The third-order valence-corrected chi connectivity index (χ3v) is 4.54. The van der Waals surface area contributed by atoms with Crippen molar-refractivity contribution in [1.82, 2.24) is 9.78 Å². The summed E-state index contributed by atoms with van der Waals surface area (Å²) in [5.74, 6) is 0.495. The van der Waals surface area contributed by atoms with Crippen LogP contribution < -0.4 is 0 Å². The molecule has 0 aliphatic rings. The molecular formula is C22H20N2O2. The molecule has 0 aliphatic heterocycles. The van der Waals surface area contributed by atoms with Crippen molar-refractivity contribution in [2.45, 2.75) is 19.9 Å². The SMILES string of the molecule is CC(C)n1nc(-c2ccc(O)cc2)c2cccc(-c3ccc(O)cc3)c21. The monoisotopic (exact) mass is 344 g/mol. The van der Waals surface area contributed by atoms with E-state index in [2.05, 4.69) is 26.0 Å². The molecule has 0 spiro atoms. The van der Waals surface area contributed by atoms with Crippen molar-refractivity contribution < 1.29 is 10.2 Å². The maximum atomic E-state index is 9.60. The highest BCUT2D eigenvalue weighted by Crippen LogP contribution is 2.36. The Morgan fingerprint density at radius 2 is 1.35 bits per heavy atom. The fraction of sp³-hybridized carbons (Fsp3) is 0.136. The molecule has 0 atom stereocenters. The lowest BCUT2D eigenvalue weighted by Gasteiger charge is -2.11. The first kappa shape index (κ1) is 16.2. The molecule has 4 nitrogen and oxygen atoms in total. The van der Waals surface area contributed by atoms with E-state index < -0.39 is 0 Å². The van der Waals surface area contributed by atoms with Crippen molar-refractivity contribution in [2.75, 3.05) is 0 Å². The van der Waals surface area contributed by atoms with Crippen LogP contribution in [0.1, 0.15) is 19.9 Å². The average molecular weight is 344 g/mol. The number of aromatic hydroxyl groups is 2. The van der Waals surface area contributed by atoms with Gasteiger partial charge in [0.05, 0.1) is 5.52 Å². The molecule has 3 aromatic carbocycles. The predicted octanol–water partition coefficient (Wildman–Crippen LogP) is 5.36. The highest BCUT2D eigenvalue weighted by atomic mass is 16.3. The second kappa shape index (κ2) is 6.23. The molecule has 0 fully saturated rings. The Labute approximate surface area is 152 Å². The van der Waals surface area contributed by atoms with E-state index in [1.807, 2.05) is 35.0 Å². The van der Waals surface area contributed by atoms with Crippen molar-refractivity contribution in [3.8, 4) is 33.9 Å². The van der Waals surface area contributed by atoms with Crippen LogP contribution in [0, 0.1) is 0 Å². The van der Waals surface area contributed by atoms with Crippen LogP contribution in [-0.2, 0) is 0 Å². The van der Waals surface area contributed by atoms with Crippen molar-refractivity contribution in [2.24, 2.45) is 0 Å². The lowest BCUT2D eigenvalue weighted by Crippen LogP contribution is -2.03. The number of nitrogens with zero attached hydrogens (tertiary/aromatic N) is 2.